The fourth-order valence-electron chi connectivity index (χ4n) is 4.80. The number of nitro benzene ring substituents is 1. The van der Waals surface area contributed by atoms with Crippen LogP contribution in [0.25, 0.3) is 0 Å². The Morgan fingerprint density at radius 1 is 1.40 bits per heavy atom. The van der Waals surface area contributed by atoms with Crippen molar-refractivity contribution in [2.75, 3.05) is 13.7 Å². The Balaban J connectivity index is 1.87. The lowest BCUT2D eigenvalue weighted by molar-refractivity contribution is -0.385. The fraction of sp³-hybridized carbons (Fsp3) is 0.632. The van der Waals surface area contributed by atoms with Crippen LogP contribution in [0.1, 0.15) is 54.9 Å². The molecule has 2 fully saturated rings. The summed E-state index contributed by atoms with van der Waals surface area (Å²) in [5, 5.41) is 11.4. The van der Waals surface area contributed by atoms with Crippen molar-refractivity contribution in [1.82, 2.24) is 4.90 Å². The first-order valence-corrected chi connectivity index (χ1v) is 9.05. The van der Waals surface area contributed by atoms with E-state index in [-0.39, 0.29) is 34.7 Å². The summed E-state index contributed by atoms with van der Waals surface area (Å²) in [4.78, 5) is 25.7. The SMILES string of the molecule is CCO[C@@H]1C[C@@H](N(C)C(=O)c2cccc(C)c2[N+](=O)[O-])C12CCCC2. The highest BCUT2D eigenvalue weighted by Gasteiger charge is 2.59. The summed E-state index contributed by atoms with van der Waals surface area (Å²) in [6, 6.07) is 5.03. The van der Waals surface area contributed by atoms with E-state index in [4.69, 9.17) is 4.74 Å². The molecule has 0 radical (unpaired) electrons. The first-order valence-electron chi connectivity index (χ1n) is 9.05. The van der Waals surface area contributed by atoms with Gasteiger partial charge in [-0.3, -0.25) is 14.9 Å². The minimum absolute atomic E-state index is 0.0268. The van der Waals surface area contributed by atoms with Gasteiger partial charge in [0.2, 0.25) is 0 Å². The molecular weight excluding hydrogens is 320 g/mol. The number of ether oxygens (including phenoxy) is 1. The van der Waals surface area contributed by atoms with Crippen molar-refractivity contribution in [2.45, 2.75) is 58.1 Å². The number of para-hydroxylation sites is 1. The molecular formula is C19H26N2O4. The van der Waals surface area contributed by atoms with Crippen molar-refractivity contribution in [3.8, 4) is 0 Å². The predicted molar refractivity (Wildman–Crippen MR) is 94.6 cm³/mol. The van der Waals surface area contributed by atoms with Gasteiger partial charge in [0.05, 0.1) is 11.0 Å². The standard InChI is InChI=1S/C19H26N2O4/c1-4-25-16-12-15(19(16)10-5-6-11-19)20(3)18(22)14-9-7-8-13(2)17(14)21(23)24/h7-9,15-16H,4-6,10-12H2,1-3H3/t15-,16-/m1/s1. The minimum atomic E-state index is -0.453. The molecule has 2 atom stereocenters. The number of hydrogen-bond acceptors (Lipinski definition) is 4. The van der Waals surface area contributed by atoms with Crippen LogP contribution < -0.4 is 0 Å². The second-order valence-electron chi connectivity index (χ2n) is 7.28. The van der Waals surface area contributed by atoms with Crippen LogP contribution in [0, 0.1) is 22.5 Å². The Labute approximate surface area is 148 Å². The summed E-state index contributed by atoms with van der Waals surface area (Å²) in [6.45, 7) is 4.35. The topological polar surface area (TPSA) is 72.7 Å². The molecule has 1 aromatic carbocycles. The maximum Gasteiger partial charge on any atom is 0.285 e. The zero-order valence-corrected chi connectivity index (χ0v) is 15.2. The van der Waals surface area contributed by atoms with E-state index in [2.05, 4.69) is 0 Å². The molecule has 136 valence electrons. The first kappa shape index (κ1) is 17.9. The molecule has 0 bridgehead atoms. The average molecular weight is 346 g/mol. The number of hydrogen-bond donors (Lipinski definition) is 0. The molecule has 0 aromatic heterocycles. The van der Waals surface area contributed by atoms with Crippen molar-refractivity contribution in [3.05, 3.63) is 39.4 Å². The Morgan fingerprint density at radius 2 is 2.08 bits per heavy atom. The summed E-state index contributed by atoms with van der Waals surface area (Å²) in [7, 11) is 1.78. The Bertz CT molecular complexity index is 682. The Hall–Kier alpha value is -1.95. The molecule has 25 heavy (non-hydrogen) atoms. The van der Waals surface area contributed by atoms with Gasteiger partial charge in [-0.05, 0) is 39.2 Å². The van der Waals surface area contributed by atoms with Crippen LogP contribution in [0.4, 0.5) is 5.69 Å². The normalized spacial score (nSPS) is 24.1. The lowest BCUT2D eigenvalue weighted by Crippen LogP contribution is -2.64. The molecule has 0 N–H and O–H groups in total. The molecule has 2 aliphatic rings. The van der Waals surface area contributed by atoms with E-state index in [0.29, 0.717) is 12.2 Å². The van der Waals surface area contributed by atoms with E-state index >= 15 is 0 Å². The molecule has 2 saturated carbocycles. The van der Waals surface area contributed by atoms with Crippen molar-refractivity contribution in [2.24, 2.45) is 5.41 Å². The van der Waals surface area contributed by atoms with Gasteiger partial charge in [-0.1, -0.05) is 25.0 Å². The van der Waals surface area contributed by atoms with Crippen LogP contribution in [-0.4, -0.2) is 41.5 Å². The maximum atomic E-state index is 13.0. The summed E-state index contributed by atoms with van der Waals surface area (Å²) in [5.41, 5.74) is 0.639. The highest BCUT2D eigenvalue weighted by atomic mass is 16.6. The van der Waals surface area contributed by atoms with Gasteiger partial charge in [0, 0.05) is 30.7 Å². The predicted octanol–water partition coefficient (Wildman–Crippen LogP) is 3.71. The Morgan fingerprint density at radius 3 is 2.68 bits per heavy atom. The summed E-state index contributed by atoms with van der Waals surface area (Å²) in [5.74, 6) is -0.262. The molecule has 6 heteroatoms. The van der Waals surface area contributed by atoms with Crippen molar-refractivity contribution in [3.63, 3.8) is 0 Å². The van der Waals surface area contributed by atoms with Gasteiger partial charge in [0.1, 0.15) is 5.56 Å². The second kappa shape index (κ2) is 6.75. The number of amides is 1. The number of nitrogens with zero attached hydrogens (tertiary/aromatic N) is 2. The molecule has 0 heterocycles. The fourth-order valence-corrected chi connectivity index (χ4v) is 4.80. The number of benzene rings is 1. The summed E-state index contributed by atoms with van der Waals surface area (Å²) < 4.78 is 5.92. The third-order valence-electron chi connectivity index (χ3n) is 6.08. The molecule has 1 aromatic rings. The minimum Gasteiger partial charge on any atom is -0.378 e. The molecule has 1 amide bonds. The van der Waals surface area contributed by atoms with Gasteiger partial charge in [-0.25, -0.2) is 0 Å². The lowest BCUT2D eigenvalue weighted by Gasteiger charge is -2.56. The highest BCUT2D eigenvalue weighted by Crippen LogP contribution is 2.56. The van der Waals surface area contributed by atoms with E-state index in [0.717, 1.165) is 32.1 Å². The maximum absolute atomic E-state index is 13.0. The van der Waals surface area contributed by atoms with Gasteiger partial charge < -0.3 is 9.64 Å². The van der Waals surface area contributed by atoms with Crippen LogP contribution in [-0.2, 0) is 4.74 Å². The molecule has 0 saturated heterocycles. The van der Waals surface area contributed by atoms with Crippen LogP contribution >= 0.6 is 0 Å². The number of aryl methyl sites for hydroxylation is 1. The third-order valence-corrected chi connectivity index (χ3v) is 6.08. The third kappa shape index (κ3) is 2.82. The average Bonchev–Trinajstić information content (AvgIpc) is 3.09. The smallest absolute Gasteiger partial charge is 0.285 e. The largest absolute Gasteiger partial charge is 0.378 e. The molecule has 3 rings (SSSR count). The van der Waals surface area contributed by atoms with E-state index in [1.807, 2.05) is 6.92 Å². The van der Waals surface area contributed by atoms with Crippen molar-refractivity contribution in [1.29, 1.82) is 0 Å². The Kier molecular flexibility index (Phi) is 4.82. The van der Waals surface area contributed by atoms with Gasteiger partial charge >= 0.3 is 0 Å². The zero-order chi connectivity index (χ0) is 18.2. The van der Waals surface area contributed by atoms with Gasteiger partial charge in [-0.15, -0.1) is 0 Å². The van der Waals surface area contributed by atoms with Crippen molar-refractivity contribution >= 4 is 11.6 Å². The number of carbonyl (C=O) groups is 1. The van der Waals surface area contributed by atoms with E-state index in [9.17, 15) is 14.9 Å². The number of rotatable bonds is 5. The monoisotopic (exact) mass is 346 g/mol. The van der Waals surface area contributed by atoms with Crippen LogP contribution in [0.15, 0.2) is 18.2 Å². The number of nitro groups is 1. The van der Waals surface area contributed by atoms with Crippen molar-refractivity contribution < 1.29 is 14.5 Å². The molecule has 2 aliphatic carbocycles. The first-order chi connectivity index (χ1) is 11.9. The molecule has 0 unspecified atom stereocenters. The molecule has 6 nitrogen and oxygen atoms in total. The van der Waals surface area contributed by atoms with Crippen LogP contribution in [0.2, 0.25) is 0 Å². The number of carbonyl (C=O) groups excluding carboxylic acids is 1. The second-order valence-corrected chi connectivity index (χ2v) is 7.28. The molecule has 0 aliphatic heterocycles. The van der Waals surface area contributed by atoms with Crippen LogP contribution in [0.3, 0.4) is 0 Å². The van der Waals surface area contributed by atoms with E-state index < -0.39 is 4.92 Å². The van der Waals surface area contributed by atoms with E-state index in [1.165, 1.54) is 0 Å². The quantitative estimate of drug-likeness (QED) is 0.602. The highest BCUT2D eigenvalue weighted by molar-refractivity contribution is 5.98. The summed E-state index contributed by atoms with van der Waals surface area (Å²) >= 11 is 0. The zero-order valence-electron chi connectivity index (χ0n) is 15.2. The van der Waals surface area contributed by atoms with Crippen LogP contribution in [0.5, 0.6) is 0 Å². The summed E-state index contributed by atoms with van der Waals surface area (Å²) in [6.07, 6.45) is 5.47. The lowest BCUT2D eigenvalue weighted by atomic mass is 9.60. The van der Waals surface area contributed by atoms with E-state index in [1.54, 1.807) is 37.1 Å². The van der Waals surface area contributed by atoms with Gasteiger partial charge in [0.15, 0.2) is 0 Å². The van der Waals surface area contributed by atoms with Gasteiger partial charge in [0.25, 0.3) is 11.6 Å². The molecule has 1 spiro atoms. The van der Waals surface area contributed by atoms with Gasteiger partial charge in [-0.2, -0.15) is 0 Å².